The van der Waals surface area contributed by atoms with E-state index in [2.05, 4.69) is 44.7 Å². The van der Waals surface area contributed by atoms with Gasteiger partial charge in [0.05, 0.1) is 18.8 Å². The summed E-state index contributed by atoms with van der Waals surface area (Å²) < 4.78 is 0. The maximum atomic E-state index is 12.0. The number of likely N-dealkylation sites (N-methyl/N-ethyl adjacent to an activating group) is 1. The summed E-state index contributed by atoms with van der Waals surface area (Å²) in [6.45, 7) is 2.27. The van der Waals surface area contributed by atoms with Crippen molar-refractivity contribution < 1.29 is 4.79 Å². The second-order valence-electron chi connectivity index (χ2n) is 7.73. The number of anilines is 2. The Hall–Kier alpha value is -2.56. The molecule has 1 aromatic carbocycles. The van der Waals surface area contributed by atoms with E-state index in [0.29, 0.717) is 12.5 Å². The lowest BCUT2D eigenvalue weighted by Crippen LogP contribution is -2.43. The fourth-order valence-corrected chi connectivity index (χ4v) is 2.79. The van der Waals surface area contributed by atoms with Gasteiger partial charge in [0.2, 0.25) is 5.91 Å². The number of hydrogen-bond acceptors (Lipinski definition) is 5. The molecule has 0 aliphatic heterocycles. The molecular formula is C23H36IN7O. The molecule has 8 nitrogen and oxygen atoms in total. The minimum Gasteiger partial charge on any atom is -0.375 e. The molecule has 0 spiro atoms. The summed E-state index contributed by atoms with van der Waals surface area (Å²) in [7, 11) is 9.49. The average Bonchev–Trinajstić information content (AvgIpc) is 2.78. The third-order valence-corrected chi connectivity index (χ3v) is 4.72. The Balaban J connectivity index is 0.00000512. The molecule has 9 heteroatoms. The number of amides is 1. The molecule has 0 aliphatic rings. The third-order valence-electron chi connectivity index (χ3n) is 4.72. The summed E-state index contributed by atoms with van der Waals surface area (Å²) in [6, 6.07) is 16.2. The lowest BCUT2D eigenvalue weighted by molar-refractivity contribution is -0.127. The molecule has 0 fully saturated rings. The molecule has 2 rings (SSSR count). The second kappa shape index (κ2) is 14.5. The van der Waals surface area contributed by atoms with Gasteiger partial charge in [-0.1, -0.05) is 24.3 Å². The SMILES string of the molecule is CN(C)C(=O)CNC(=NCc1cccc(N(C)C)n1)NCCCN(C)c1ccccc1.I. The number of para-hydroxylation sites is 1. The van der Waals surface area contributed by atoms with Crippen LogP contribution in [0.1, 0.15) is 12.1 Å². The van der Waals surface area contributed by atoms with Crippen LogP contribution in [-0.2, 0) is 11.3 Å². The number of nitrogens with zero attached hydrogens (tertiary/aromatic N) is 5. The number of hydrogen-bond donors (Lipinski definition) is 2. The van der Waals surface area contributed by atoms with Gasteiger partial charge in [-0.25, -0.2) is 9.98 Å². The van der Waals surface area contributed by atoms with Crippen molar-refractivity contribution in [2.24, 2.45) is 4.99 Å². The molecule has 0 saturated carbocycles. The fraction of sp³-hybridized carbons (Fsp3) is 0.435. The minimum absolute atomic E-state index is 0. The van der Waals surface area contributed by atoms with E-state index in [9.17, 15) is 4.79 Å². The summed E-state index contributed by atoms with van der Waals surface area (Å²) in [4.78, 5) is 26.9. The number of benzene rings is 1. The molecule has 2 aromatic rings. The molecule has 1 aromatic heterocycles. The number of carbonyl (C=O) groups is 1. The third kappa shape index (κ3) is 9.71. The first-order valence-corrected chi connectivity index (χ1v) is 10.5. The van der Waals surface area contributed by atoms with Crippen LogP contribution < -0.4 is 20.4 Å². The largest absolute Gasteiger partial charge is 0.375 e. The van der Waals surface area contributed by atoms with E-state index >= 15 is 0 Å². The predicted molar refractivity (Wildman–Crippen MR) is 144 cm³/mol. The molecule has 2 N–H and O–H groups in total. The van der Waals surface area contributed by atoms with Crippen LogP contribution in [-0.4, -0.2) is 76.6 Å². The van der Waals surface area contributed by atoms with Crippen molar-refractivity contribution in [1.82, 2.24) is 20.5 Å². The van der Waals surface area contributed by atoms with Crippen molar-refractivity contribution >= 4 is 47.3 Å². The highest BCUT2D eigenvalue weighted by molar-refractivity contribution is 14.0. The van der Waals surface area contributed by atoms with Gasteiger partial charge in [0.25, 0.3) is 0 Å². The van der Waals surface area contributed by atoms with E-state index in [4.69, 9.17) is 0 Å². The van der Waals surface area contributed by atoms with Crippen LogP contribution in [0.5, 0.6) is 0 Å². The van der Waals surface area contributed by atoms with E-state index in [-0.39, 0.29) is 36.4 Å². The molecule has 0 radical (unpaired) electrons. The van der Waals surface area contributed by atoms with Crippen LogP contribution in [0, 0.1) is 0 Å². The Morgan fingerprint density at radius 2 is 1.69 bits per heavy atom. The summed E-state index contributed by atoms with van der Waals surface area (Å²) in [5.41, 5.74) is 2.06. The van der Waals surface area contributed by atoms with Gasteiger partial charge >= 0.3 is 0 Å². The zero-order valence-corrected chi connectivity index (χ0v) is 22.0. The zero-order chi connectivity index (χ0) is 22.6. The second-order valence-corrected chi connectivity index (χ2v) is 7.73. The van der Waals surface area contributed by atoms with Gasteiger partial charge in [-0.2, -0.15) is 0 Å². The average molecular weight is 553 g/mol. The number of pyridine rings is 1. The van der Waals surface area contributed by atoms with Gasteiger partial charge in [-0.05, 0) is 30.7 Å². The molecule has 1 heterocycles. The van der Waals surface area contributed by atoms with Gasteiger partial charge in [0, 0.05) is 54.0 Å². The minimum atomic E-state index is -0.00830. The summed E-state index contributed by atoms with van der Waals surface area (Å²) in [6.07, 6.45) is 0.933. The van der Waals surface area contributed by atoms with Crippen LogP contribution >= 0.6 is 24.0 Å². The zero-order valence-electron chi connectivity index (χ0n) is 19.7. The maximum absolute atomic E-state index is 12.0. The van der Waals surface area contributed by atoms with Crippen LogP contribution in [0.3, 0.4) is 0 Å². The molecule has 1 amide bonds. The van der Waals surface area contributed by atoms with Crippen LogP contribution in [0.2, 0.25) is 0 Å². The molecule has 0 saturated heterocycles. The number of nitrogens with one attached hydrogen (secondary N) is 2. The predicted octanol–water partition coefficient (Wildman–Crippen LogP) is 2.42. The number of aliphatic imine (C=N–C) groups is 1. The Morgan fingerprint density at radius 3 is 2.34 bits per heavy atom. The molecule has 0 bridgehead atoms. The van der Waals surface area contributed by atoms with Crippen LogP contribution in [0.25, 0.3) is 0 Å². The molecular weight excluding hydrogens is 517 g/mol. The van der Waals surface area contributed by atoms with E-state index in [0.717, 1.165) is 31.0 Å². The fourth-order valence-electron chi connectivity index (χ4n) is 2.79. The number of halogens is 1. The number of carbonyl (C=O) groups excluding carboxylic acids is 1. The van der Waals surface area contributed by atoms with Gasteiger partial charge in [-0.15, -0.1) is 24.0 Å². The number of rotatable bonds is 10. The van der Waals surface area contributed by atoms with Gasteiger partial charge in [-0.3, -0.25) is 4.79 Å². The Morgan fingerprint density at radius 1 is 0.969 bits per heavy atom. The highest BCUT2D eigenvalue weighted by atomic mass is 127. The van der Waals surface area contributed by atoms with Crippen molar-refractivity contribution in [1.29, 1.82) is 0 Å². The number of aromatic nitrogens is 1. The molecule has 0 atom stereocenters. The molecule has 176 valence electrons. The van der Waals surface area contributed by atoms with Crippen molar-refractivity contribution in [3.8, 4) is 0 Å². The first-order valence-electron chi connectivity index (χ1n) is 10.5. The summed E-state index contributed by atoms with van der Waals surface area (Å²) in [5, 5.41) is 6.46. The van der Waals surface area contributed by atoms with E-state index in [1.807, 2.05) is 55.4 Å². The maximum Gasteiger partial charge on any atom is 0.241 e. The summed E-state index contributed by atoms with van der Waals surface area (Å²) in [5.74, 6) is 1.49. The highest BCUT2D eigenvalue weighted by Crippen LogP contribution is 2.11. The van der Waals surface area contributed by atoms with E-state index < -0.39 is 0 Å². The van der Waals surface area contributed by atoms with Crippen LogP contribution in [0.15, 0.2) is 53.5 Å². The summed E-state index contributed by atoms with van der Waals surface area (Å²) >= 11 is 0. The first kappa shape index (κ1) is 27.5. The van der Waals surface area contributed by atoms with Gasteiger partial charge in [0.1, 0.15) is 5.82 Å². The molecule has 0 aliphatic carbocycles. The normalized spacial score (nSPS) is 10.7. The van der Waals surface area contributed by atoms with E-state index in [1.54, 1.807) is 19.0 Å². The molecule has 32 heavy (non-hydrogen) atoms. The van der Waals surface area contributed by atoms with Gasteiger partial charge < -0.3 is 25.3 Å². The van der Waals surface area contributed by atoms with E-state index in [1.165, 1.54) is 5.69 Å². The topological polar surface area (TPSA) is 76.1 Å². The Kier molecular flexibility index (Phi) is 12.4. The van der Waals surface area contributed by atoms with Crippen LogP contribution in [0.4, 0.5) is 11.5 Å². The lowest BCUT2D eigenvalue weighted by atomic mass is 10.3. The number of guanidine groups is 1. The van der Waals surface area contributed by atoms with Crippen molar-refractivity contribution in [2.75, 3.05) is 64.7 Å². The van der Waals surface area contributed by atoms with Crippen molar-refractivity contribution in [2.45, 2.75) is 13.0 Å². The molecule has 0 unspecified atom stereocenters. The smallest absolute Gasteiger partial charge is 0.241 e. The Labute approximate surface area is 209 Å². The lowest BCUT2D eigenvalue weighted by Gasteiger charge is -2.20. The van der Waals surface area contributed by atoms with Gasteiger partial charge in [0.15, 0.2) is 5.96 Å². The Bertz CT molecular complexity index is 843. The first-order chi connectivity index (χ1) is 14.9. The highest BCUT2D eigenvalue weighted by Gasteiger charge is 2.07. The van der Waals surface area contributed by atoms with Crippen molar-refractivity contribution in [3.05, 3.63) is 54.2 Å². The standard InChI is InChI=1S/C23H35N7O.HI/c1-28(2)21-14-9-11-19(27-21)17-25-23(26-18-22(31)29(3)4)24-15-10-16-30(5)20-12-7-6-8-13-20;/h6-9,11-14H,10,15-18H2,1-5H3,(H2,24,25,26);1H. The monoisotopic (exact) mass is 553 g/mol. The quantitative estimate of drug-likeness (QED) is 0.204. The van der Waals surface area contributed by atoms with Crippen molar-refractivity contribution in [3.63, 3.8) is 0 Å².